The predicted octanol–water partition coefficient (Wildman–Crippen LogP) is 24.0. The van der Waals surface area contributed by atoms with Crippen LogP contribution >= 0.6 is 13.4 Å². The van der Waals surface area contributed by atoms with E-state index in [4.69, 9.17) is 97.1 Å². The highest BCUT2D eigenvalue weighted by molar-refractivity contribution is 8.07. The van der Waals surface area contributed by atoms with Crippen molar-refractivity contribution in [3.05, 3.63) is 113 Å². The van der Waals surface area contributed by atoms with Crippen LogP contribution in [0.2, 0.25) is 0 Å². The number of nitrogens with zero attached hydrogens (tertiary/aromatic N) is 8. The number of imidazole rings is 1. The zero-order chi connectivity index (χ0) is 102. The molecule has 5 N–H and O–H groups in total. The van der Waals surface area contributed by atoms with Crippen LogP contribution in [0.25, 0.3) is 20.9 Å². The topological polar surface area (TPSA) is 378 Å². The lowest BCUT2D eigenvalue weighted by molar-refractivity contribution is -0.146. The van der Waals surface area contributed by atoms with Crippen molar-refractivity contribution < 1.29 is 79.8 Å². The number of carbonyl (C=O) groups is 3. The number of esters is 1. The quantitative estimate of drug-likeness (QED) is 0.0104. The Labute approximate surface area is 853 Å². The van der Waals surface area contributed by atoms with Gasteiger partial charge in [0.15, 0.2) is 22.7 Å². The molecule has 0 spiro atoms. The van der Waals surface area contributed by atoms with Crippen LogP contribution in [0.1, 0.15) is 418 Å². The van der Waals surface area contributed by atoms with Crippen molar-refractivity contribution >= 4 is 77.8 Å². The number of nitrogens with one attached hydrogen (secondary N) is 4. The number of H-pyrrole nitrogens is 2. The molecule has 33 nitrogen and oxygen atoms in total. The fourth-order valence-corrected chi connectivity index (χ4v) is 22.2. The third-order valence-electron chi connectivity index (χ3n) is 26.4. The fourth-order valence-electron chi connectivity index (χ4n) is 17.9. The second-order valence-corrected chi connectivity index (χ2v) is 44.6. The summed E-state index contributed by atoms with van der Waals surface area (Å²) in [5, 5.41) is 16.9. The monoisotopic (exact) mass is 2060 g/mol. The highest BCUT2D eigenvalue weighted by Gasteiger charge is 2.47. The standard InChI is InChI=1S/C105H170N12O21P2S2/c1-10-14-17-20-23-26-29-32-35-38-41-44-47-50-53-56-65-126-87-70-82(71-88(127-66-57-54-51-48-45-42-39-36-33-30-27-24-21-18-15-11-2)98(87)128-67-58-55-52-49-46-43-40-37-34-31-28-25-22-19-16-12-3)76-129-96(120)60-59-92(119)109-91-61-64-115(104(124)110-91)93-72-83(118)89(135-93)77-132-139(141,130-68-62-106-8)138-86-74-95(117-79-108-97-99(117)111-103(113-102(97)123)112-100(121)80(5)6)136-90(86)78-133-140(142,131-69-63-107-9)137-85-73-94(134-84(85)13-4)116-75-81(7)101(122)114-105(116)125/h61,64,70-71,75,79-80,83-86,89-90,93-95,118H,10-60,62-63,65-69,72-74,76-78H2,1-7H3,(H,114,122,125)(H,109,110,119,124)(H2,111,112,113,121,123). The van der Waals surface area contributed by atoms with E-state index in [0.717, 1.165) is 62.4 Å². The van der Waals surface area contributed by atoms with Gasteiger partial charge < -0.3 is 80.4 Å². The molecule has 5 aromatic rings. The number of unbranched alkanes of at least 4 members (excludes halogenated alkanes) is 45. The number of aliphatic hydroxyl groups excluding tert-OH is 1. The molecule has 1 aromatic carbocycles. The van der Waals surface area contributed by atoms with E-state index in [9.17, 15) is 38.7 Å². The molecule has 798 valence electrons. The van der Waals surface area contributed by atoms with Crippen LogP contribution in [0.5, 0.6) is 17.2 Å². The van der Waals surface area contributed by atoms with E-state index in [2.05, 4.69) is 66.0 Å². The molecule has 8 rings (SSSR count). The van der Waals surface area contributed by atoms with Crippen LogP contribution in [0, 0.1) is 26.0 Å². The number of aromatic amines is 2. The van der Waals surface area contributed by atoms with Crippen molar-refractivity contribution in [2.24, 2.45) is 5.92 Å². The molecule has 0 radical (unpaired) electrons. The van der Waals surface area contributed by atoms with E-state index < -0.39 is 128 Å². The van der Waals surface area contributed by atoms with Crippen LogP contribution in [0.3, 0.4) is 0 Å². The van der Waals surface area contributed by atoms with Crippen LogP contribution in [-0.2, 0) is 90.7 Å². The Balaban J connectivity index is 0.889. The summed E-state index contributed by atoms with van der Waals surface area (Å²) < 4.78 is 87.5. The van der Waals surface area contributed by atoms with Crippen LogP contribution in [0.4, 0.5) is 11.8 Å². The number of aromatic nitrogens is 8. The number of ether oxygens (including phenoxy) is 7. The first-order valence-electron chi connectivity index (χ1n) is 54.2. The molecule has 0 bridgehead atoms. The fraction of sp³-hybridized carbons (Fsp3) is 0.771. The summed E-state index contributed by atoms with van der Waals surface area (Å²) in [4.78, 5) is 118. The number of anilines is 2. The van der Waals surface area contributed by atoms with E-state index >= 15 is 0 Å². The number of fused-ring (bicyclic) bond motifs is 1. The van der Waals surface area contributed by atoms with Gasteiger partial charge in [0.2, 0.25) is 36.6 Å². The molecular weight excluding hydrogens is 1890 g/mol. The number of amides is 2. The zero-order valence-corrected chi connectivity index (χ0v) is 89.8. The lowest BCUT2D eigenvalue weighted by Crippen LogP contribution is -2.33. The van der Waals surface area contributed by atoms with E-state index in [0.29, 0.717) is 49.1 Å². The Morgan fingerprint density at radius 2 is 0.937 bits per heavy atom. The molecule has 3 saturated heterocycles. The molecule has 142 heavy (non-hydrogen) atoms. The second-order valence-electron chi connectivity index (χ2n) is 38.7. The van der Waals surface area contributed by atoms with Crippen molar-refractivity contribution in [3.8, 4) is 17.2 Å². The number of benzene rings is 1. The van der Waals surface area contributed by atoms with Gasteiger partial charge in [-0.25, -0.2) is 27.7 Å². The van der Waals surface area contributed by atoms with Gasteiger partial charge in [0.05, 0.1) is 70.2 Å². The minimum Gasteiger partial charge on any atom is -0.490 e. The van der Waals surface area contributed by atoms with Crippen molar-refractivity contribution in [1.82, 2.24) is 38.6 Å². The SMILES string of the molecule is [C-]#[N+]CCOP(=S)(OCC1OC(n2cnc3c(=O)[nH]c(NC(=O)C(C)C)nc32)CC1OP(=S)(OCC[N+]#[C-])OCC1OC(n2ccc(NC(=O)CCC(=O)OCc3cc(OCCCCCCCCCCCCCCCCCC)c(OCCCCCCCCCCCCCCCCCC)c(OCCCCCCCCCCCCCCCCCC)c3)nc2=O)CC1O)OC1CC(n2cc(C)c(=O)[nH]c2=O)OC1CC. The van der Waals surface area contributed by atoms with Crippen molar-refractivity contribution in [2.45, 2.75) is 457 Å². The molecule has 11 atom stereocenters. The van der Waals surface area contributed by atoms with Gasteiger partial charge in [0, 0.05) is 49.6 Å². The largest absolute Gasteiger partial charge is 0.490 e. The molecule has 3 aliphatic rings. The Kier molecular flexibility index (Phi) is 59.1. The van der Waals surface area contributed by atoms with E-state index in [1.54, 1.807) is 20.8 Å². The van der Waals surface area contributed by atoms with Gasteiger partial charge in [0.1, 0.15) is 56.5 Å². The Bertz CT molecular complexity index is 4830. The second kappa shape index (κ2) is 69.9. The summed E-state index contributed by atoms with van der Waals surface area (Å²) in [6, 6.07) is 5.17. The van der Waals surface area contributed by atoms with Crippen LogP contribution < -0.4 is 47.3 Å². The van der Waals surface area contributed by atoms with Gasteiger partial charge >= 0.3 is 30.8 Å². The third-order valence-corrected chi connectivity index (χ3v) is 31.1. The van der Waals surface area contributed by atoms with Crippen molar-refractivity contribution in [3.63, 3.8) is 0 Å². The third kappa shape index (κ3) is 45.3. The first-order valence-corrected chi connectivity index (χ1v) is 59.3. The molecule has 2 amide bonds. The summed E-state index contributed by atoms with van der Waals surface area (Å²) in [5.41, 5.74) is -1.92. The Morgan fingerprint density at radius 3 is 1.39 bits per heavy atom. The molecule has 37 heteroatoms. The molecular formula is C105H170N12O21P2S2. The number of hydrogen-bond acceptors (Lipinski definition) is 26. The lowest BCUT2D eigenvalue weighted by atomic mass is 10.0. The van der Waals surface area contributed by atoms with Gasteiger partial charge in [-0.2, -0.15) is 9.97 Å². The van der Waals surface area contributed by atoms with Gasteiger partial charge in [-0.3, -0.25) is 53.0 Å². The van der Waals surface area contributed by atoms with E-state index in [1.807, 2.05) is 19.1 Å². The number of aliphatic hydroxyl groups is 1. The van der Waals surface area contributed by atoms with Gasteiger partial charge in [-0.1, -0.05) is 330 Å². The lowest BCUT2D eigenvalue weighted by Gasteiger charge is -2.30. The van der Waals surface area contributed by atoms with Crippen LogP contribution in [0.15, 0.2) is 56.1 Å². The maximum Gasteiger partial charge on any atom is 0.351 e. The molecule has 7 heterocycles. The summed E-state index contributed by atoms with van der Waals surface area (Å²) in [5.74, 6) is -0.705. The average molecular weight is 2060 g/mol. The summed E-state index contributed by atoms with van der Waals surface area (Å²) >= 11 is 12.2. The molecule has 0 aliphatic carbocycles. The average Bonchev–Trinajstić information content (AvgIpc) is 1.62. The summed E-state index contributed by atoms with van der Waals surface area (Å²) in [6.07, 6.45) is 55.4. The first-order chi connectivity index (χ1) is 69.0. The number of carbonyl (C=O) groups excluding carboxylic acids is 3. The van der Waals surface area contributed by atoms with Gasteiger partial charge in [-0.15, -0.1) is 0 Å². The predicted molar refractivity (Wildman–Crippen MR) is 562 cm³/mol. The van der Waals surface area contributed by atoms with Crippen LogP contribution in [-0.4, -0.2) is 157 Å². The molecule has 0 saturated carbocycles. The van der Waals surface area contributed by atoms with Gasteiger partial charge in [-0.05, 0) is 80.0 Å². The molecule has 4 aromatic heterocycles. The van der Waals surface area contributed by atoms with E-state index in [1.165, 1.54) is 284 Å². The van der Waals surface area contributed by atoms with Gasteiger partial charge in [0.25, 0.3) is 11.1 Å². The Morgan fingerprint density at radius 1 is 0.514 bits per heavy atom. The molecule has 3 aliphatic heterocycles. The molecule has 11 unspecified atom stereocenters. The number of rotatable bonds is 82. The first kappa shape index (κ1) is 120. The number of hydrogen-bond donors (Lipinski definition) is 5. The summed E-state index contributed by atoms with van der Waals surface area (Å²) in [7, 11) is 0. The highest BCUT2D eigenvalue weighted by atomic mass is 32.5. The van der Waals surface area contributed by atoms with Crippen molar-refractivity contribution in [1.29, 1.82) is 0 Å². The van der Waals surface area contributed by atoms with E-state index in [-0.39, 0.29) is 93.5 Å². The minimum absolute atomic E-state index is 0.0104. The highest BCUT2D eigenvalue weighted by Crippen LogP contribution is 2.57. The smallest absolute Gasteiger partial charge is 0.351 e. The van der Waals surface area contributed by atoms with Crippen molar-refractivity contribution in [2.75, 3.05) is 70.0 Å². The normalized spacial score (nSPS) is 18.8. The maximum absolute atomic E-state index is 13.9. The minimum atomic E-state index is -4.10. The molecule has 3 fully saturated rings. The number of aryl methyl sites for hydroxylation is 1. The Hall–Kier alpha value is -7.18. The maximum atomic E-state index is 13.9. The zero-order valence-electron chi connectivity index (χ0n) is 86.4. The summed E-state index contributed by atoms with van der Waals surface area (Å²) in [6.45, 7) is 20.3.